The van der Waals surface area contributed by atoms with Crippen LogP contribution in [0.15, 0.2) is 36.8 Å². The van der Waals surface area contributed by atoms with Gasteiger partial charge in [-0.1, -0.05) is 0 Å². The maximum Gasteiger partial charge on any atom is 0.251 e. The number of anilines is 1. The van der Waals surface area contributed by atoms with Crippen LogP contribution < -0.4 is 10.2 Å². The van der Waals surface area contributed by atoms with Crippen LogP contribution >= 0.6 is 0 Å². The van der Waals surface area contributed by atoms with Gasteiger partial charge in [-0.2, -0.15) is 0 Å². The van der Waals surface area contributed by atoms with Crippen LogP contribution in [0.3, 0.4) is 0 Å². The Morgan fingerprint density at radius 2 is 2.18 bits per heavy atom. The summed E-state index contributed by atoms with van der Waals surface area (Å²) < 4.78 is 6.54. The summed E-state index contributed by atoms with van der Waals surface area (Å²) in [6.07, 6.45) is 7.74. The van der Waals surface area contributed by atoms with Gasteiger partial charge >= 0.3 is 0 Å². The van der Waals surface area contributed by atoms with Gasteiger partial charge in [0.25, 0.3) is 5.91 Å². The van der Waals surface area contributed by atoms with Crippen molar-refractivity contribution in [2.75, 3.05) is 24.5 Å². The van der Waals surface area contributed by atoms with E-state index < -0.39 is 0 Å². The van der Waals surface area contributed by atoms with Crippen molar-refractivity contribution in [1.29, 1.82) is 0 Å². The fourth-order valence-electron chi connectivity index (χ4n) is 5.42. The number of carbonyl (C=O) groups excluding carboxylic acids is 1. The van der Waals surface area contributed by atoms with Crippen LogP contribution in [0.4, 0.5) is 5.69 Å². The fraction of sp³-hybridized carbons (Fsp3) is 0.500. The standard InChI is InChI=1S/C22H26N4O2/c1-14-10-24-15(2)9-19(14)26-12-18-17(20-3-6-22(18,13-26)28-20)11-25-21(27)16-4-7-23-8-5-16/h4-5,7-10,17-18,20H,3,6,11-13H2,1-2H3,(H,25,27)/t17-,18+,20+,22+/m0/s1. The number of nitrogens with one attached hydrogen (secondary N) is 1. The van der Waals surface area contributed by atoms with E-state index in [2.05, 4.69) is 33.2 Å². The third kappa shape index (κ3) is 2.78. The predicted octanol–water partition coefficient (Wildman–Crippen LogP) is 2.51. The summed E-state index contributed by atoms with van der Waals surface area (Å²) in [6, 6.07) is 5.68. The highest BCUT2D eigenvalue weighted by atomic mass is 16.5. The molecule has 5 heterocycles. The molecule has 28 heavy (non-hydrogen) atoms. The second-order valence-corrected chi connectivity index (χ2v) is 8.47. The number of carbonyl (C=O) groups is 1. The molecule has 3 saturated heterocycles. The molecule has 1 amide bonds. The molecule has 4 atom stereocenters. The molecule has 6 nitrogen and oxygen atoms in total. The maximum absolute atomic E-state index is 12.5. The zero-order valence-corrected chi connectivity index (χ0v) is 16.4. The molecule has 0 radical (unpaired) electrons. The van der Waals surface area contributed by atoms with Crippen molar-refractivity contribution in [1.82, 2.24) is 15.3 Å². The summed E-state index contributed by atoms with van der Waals surface area (Å²) in [4.78, 5) is 23.3. The number of hydrogen-bond donors (Lipinski definition) is 1. The van der Waals surface area contributed by atoms with E-state index in [9.17, 15) is 4.79 Å². The Balaban J connectivity index is 1.32. The van der Waals surface area contributed by atoms with E-state index in [-0.39, 0.29) is 17.6 Å². The van der Waals surface area contributed by atoms with Crippen molar-refractivity contribution in [3.8, 4) is 0 Å². The number of nitrogens with zero attached hydrogens (tertiary/aromatic N) is 3. The molecule has 3 aliphatic heterocycles. The smallest absolute Gasteiger partial charge is 0.251 e. The van der Waals surface area contributed by atoms with Crippen molar-refractivity contribution in [2.24, 2.45) is 11.8 Å². The molecule has 2 aromatic heterocycles. The molecule has 1 spiro atoms. The van der Waals surface area contributed by atoms with Crippen LogP contribution in [0.2, 0.25) is 0 Å². The SMILES string of the molecule is Cc1cc(N2C[C@@H]3[C@H](CNC(=O)c4ccncc4)[C@H]4CC[C@]3(C2)O4)c(C)cn1. The van der Waals surface area contributed by atoms with Crippen molar-refractivity contribution < 1.29 is 9.53 Å². The first kappa shape index (κ1) is 17.6. The first-order valence-corrected chi connectivity index (χ1v) is 10.1. The lowest BCUT2D eigenvalue weighted by molar-refractivity contribution is 0.0141. The van der Waals surface area contributed by atoms with Gasteiger partial charge in [-0.15, -0.1) is 0 Å². The Bertz CT molecular complexity index is 903. The molecular formula is C22H26N4O2. The number of pyridine rings is 2. The number of rotatable bonds is 4. The highest BCUT2D eigenvalue weighted by Crippen LogP contribution is 2.55. The van der Waals surface area contributed by atoms with Gasteiger partial charge in [0.1, 0.15) is 0 Å². The molecule has 0 aliphatic carbocycles. The van der Waals surface area contributed by atoms with Gasteiger partial charge in [-0.05, 0) is 50.5 Å². The molecule has 5 rings (SSSR count). The Hall–Kier alpha value is -2.47. The summed E-state index contributed by atoms with van der Waals surface area (Å²) in [5.74, 6) is 0.791. The van der Waals surface area contributed by atoms with Gasteiger partial charge in [0.05, 0.1) is 11.7 Å². The van der Waals surface area contributed by atoms with E-state index in [0.29, 0.717) is 23.9 Å². The Morgan fingerprint density at radius 1 is 1.36 bits per heavy atom. The second kappa shape index (κ2) is 6.55. The quantitative estimate of drug-likeness (QED) is 0.885. The Labute approximate surface area is 165 Å². The number of aromatic nitrogens is 2. The summed E-state index contributed by atoms with van der Waals surface area (Å²) in [5, 5.41) is 3.13. The van der Waals surface area contributed by atoms with Crippen molar-refractivity contribution in [3.63, 3.8) is 0 Å². The van der Waals surface area contributed by atoms with Gasteiger partial charge in [-0.3, -0.25) is 14.8 Å². The van der Waals surface area contributed by atoms with Crippen molar-refractivity contribution in [2.45, 2.75) is 38.4 Å². The van der Waals surface area contributed by atoms with Crippen LogP contribution in [0.5, 0.6) is 0 Å². The van der Waals surface area contributed by atoms with Gasteiger partial charge in [-0.25, -0.2) is 0 Å². The van der Waals surface area contributed by atoms with Gasteiger partial charge in [0.15, 0.2) is 0 Å². The van der Waals surface area contributed by atoms with Crippen LogP contribution in [0, 0.1) is 25.7 Å². The topological polar surface area (TPSA) is 67.4 Å². The maximum atomic E-state index is 12.5. The molecule has 3 aliphatic rings. The molecule has 6 heteroatoms. The summed E-state index contributed by atoms with van der Waals surface area (Å²) in [6.45, 7) is 6.75. The number of amides is 1. The highest BCUT2D eigenvalue weighted by molar-refractivity contribution is 5.93. The van der Waals surface area contributed by atoms with E-state index >= 15 is 0 Å². The number of ether oxygens (including phenoxy) is 1. The minimum absolute atomic E-state index is 0.0327. The van der Waals surface area contributed by atoms with Crippen LogP contribution in [0.25, 0.3) is 0 Å². The molecule has 0 unspecified atom stereocenters. The minimum Gasteiger partial charge on any atom is -0.369 e. The van der Waals surface area contributed by atoms with Gasteiger partial charge < -0.3 is 15.0 Å². The average Bonchev–Trinajstić information content (AvgIpc) is 3.37. The van der Waals surface area contributed by atoms with E-state index in [1.807, 2.05) is 13.1 Å². The summed E-state index contributed by atoms with van der Waals surface area (Å²) in [5.41, 5.74) is 4.12. The van der Waals surface area contributed by atoms with E-state index in [1.54, 1.807) is 24.5 Å². The van der Waals surface area contributed by atoms with E-state index in [0.717, 1.165) is 31.6 Å². The number of aryl methyl sites for hydroxylation is 2. The van der Waals surface area contributed by atoms with Gasteiger partial charge in [0.2, 0.25) is 0 Å². The molecule has 2 aromatic rings. The average molecular weight is 378 g/mol. The number of hydrogen-bond acceptors (Lipinski definition) is 5. The Kier molecular flexibility index (Phi) is 4.12. The molecular weight excluding hydrogens is 352 g/mol. The van der Waals surface area contributed by atoms with Gasteiger partial charge in [0, 0.05) is 67.0 Å². The molecule has 0 aromatic carbocycles. The summed E-state index contributed by atoms with van der Waals surface area (Å²) in [7, 11) is 0. The Morgan fingerprint density at radius 3 is 3.00 bits per heavy atom. The lowest BCUT2D eigenvalue weighted by Crippen LogP contribution is -2.41. The fourth-order valence-corrected chi connectivity index (χ4v) is 5.42. The van der Waals surface area contributed by atoms with Crippen LogP contribution in [-0.4, -0.2) is 47.2 Å². The predicted molar refractivity (Wildman–Crippen MR) is 106 cm³/mol. The molecule has 146 valence electrons. The normalized spacial score (nSPS) is 30.5. The summed E-state index contributed by atoms with van der Waals surface area (Å²) >= 11 is 0. The highest BCUT2D eigenvalue weighted by Gasteiger charge is 2.63. The zero-order chi connectivity index (χ0) is 19.3. The molecule has 0 saturated carbocycles. The van der Waals surface area contributed by atoms with E-state index in [4.69, 9.17) is 4.74 Å². The van der Waals surface area contributed by atoms with Crippen LogP contribution in [0.1, 0.15) is 34.5 Å². The second-order valence-electron chi connectivity index (χ2n) is 8.47. The first-order valence-electron chi connectivity index (χ1n) is 10.1. The molecule has 1 N–H and O–H groups in total. The van der Waals surface area contributed by atoms with Crippen LogP contribution in [-0.2, 0) is 4.74 Å². The molecule has 3 fully saturated rings. The molecule has 2 bridgehead atoms. The minimum atomic E-state index is -0.0552. The lowest BCUT2D eigenvalue weighted by atomic mass is 9.73. The third-order valence-electron chi connectivity index (χ3n) is 6.78. The van der Waals surface area contributed by atoms with E-state index in [1.165, 1.54) is 11.3 Å². The largest absolute Gasteiger partial charge is 0.369 e. The van der Waals surface area contributed by atoms with Crippen molar-refractivity contribution >= 4 is 11.6 Å². The number of fused-ring (bicyclic) bond motifs is 1. The van der Waals surface area contributed by atoms with Crippen molar-refractivity contribution in [3.05, 3.63) is 53.6 Å². The monoisotopic (exact) mass is 378 g/mol. The zero-order valence-electron chi connectivity index (χ0n) is 16.4. The lowest BCUT2D eigenvalue weighted by Gasteiger charge is -2.29. The first-order chi connectivity index (χ1) is 13.6. The third-order valence-corrected chi connectivity index (χ3v) is 6.78.